The number of ether oxygens (including phenoxy) is 3. The molecule has 0 heterocycles. The van der Waals surface area contributed by atoms with Crippen molar-refractivity contribution in [1.82, 2.24) is 0 Å². The number of hydrogen-bond acceptors (Lipinski definition) is 3. The van der Waals surface area contributed by atoms with Crippen LogP contribution in [0.15, 0.2) is 72.8 Å². The Bertz CT molecular complexity index is 1750. The van der Waals surface area contributed by atoms with Crippen molar-refractivity contribution in [3.63, 3.8) is 0 Å². The molecule has 0 aromatic heterocycles. The molecule has 0 atom stereocenters. The Kier molecular flexibility index (Phi) is 12.9. The Balaban J connectivity index is 1.60. The second-order valence-electron chi connectivity index (χ2n) is 16.2. The van der Waals surface area contributed by atoms with Crippen molar-refractivity contribution < 1.29 is 14.2 Å². The quantitative estimate of drug-likeness (QED) is 0.127. The van der Waals surface area contributed by atoms with Gasteiger partial charge < -0.3 is 14.2 Å². The van der Waals surface area contributed by atoms with Crippen molar-refractivity contribution in [2.45, 2.75) is 99.5 Å². The molecule has 0 saturated carbocycles. The number of rotatable bonds is 9. The Morgan fingerprint density at radius 3 is 0.784 bits per heavy atom. The molecule has 0 bridgehead atoms. The Morgan fingerprint density at radius 2 is 0.588 bits per heavy atom. The average molecular weight is 727 g/mol. The summed E-state index contributed by atoms with van der Waals surface area (Å²) in [5.41, 5.74) is 20.3. The third-order valence-electron chi connectivity index (χ3n) is 8.17. The standard InChI is InChI=1S/C45H54O3Si3/c1-34-43(31-46-40-19-13-37(14-20-40)25-28-49(4,5)6)35(2)45(33-48-42-23-17-39(18-24-42)27-30-51(10,11)12)36(3)44(34)32-47-41-21-15-38(16-22-41)26-29-50(7,8)9/h13-24H,31-33H2,1-12H3. The molecule has 0 aliphatic rings. The van der Waals surface area contributed by atoms with Crippen LogP contribution in [-0.4, -0.2) is 24.2 Å². The summed E-state index contributed by atoms with van der Waals surface area (Å²) in [6.07, 6.45) is 0. The van der Waals surface area contributed by atoms with Gasteiger partial charge in [0.05, 0.1) is 0 Å². The predicted molar refractivity (Wildman–Crippen MR) is 224 cm³/mol. The van der Waals surface area contributed by atoms with Crippen LogP contribution >= 0.6 is 0 Å². The first kappa shape index (κ1) is 39.4. The van der Waals surface area contributed by atoms with Crippen LogP contribution in [0.3, 0.4) is 0 Å². The van der Waals surface area contributed by atoms with Gasteiger partial charge in [0.15, 0.2) is 0 Å². The van der Waals surface area contributed by atoms with Gasteiger partial charge in [0.25, 0.3) is 0 Å². The van der Waals surface area contributed by atoms with E-state index in [4.69, 9.17) is 14.2 Å². The maximum absolute atomic E-state index is 6.41. The van der Waals surface area contributed by atoms with E-state index in [-0.39, 0.29) is 0 Å². The highest BCUT2D eigenvalue weighted by atomic mass is 28.3. The molecule has 51 heavy (non-hydrogen) atoms. The smallest absolute Gasteiger partial charge is 0.129 e. The van der Waals surface area contributed by atoms with Crippen LogP contribution in [0.4, 0.5) is 0 Å². The van der Waals surface area contributed by atoms with E-state index in [1.807, 2.05) is 72.8 Å². The molecular formula is C45H54O3Si3. The average Bonchev–Trinajstić information content (AvgIpc) is 3.06. The molecule has 0 aliphatic heterocycles. The normalized spacial score (nSPS) is 11.3. The van der Waals surface area contributed by atoms with Crippen molar-refractivity contribution in [2.75, 3.05) is 0 Å². The minimum atomic E-state index is -1.44. The predicted octanol–water partition coefficient (Wildman–Crippen LogP) is 11.0. The molecule has 0 spiro atoms. The van der Waals surface area contributed by atoms with Gasteiger partial charge in [-0.25, -0.2) is 0 Å². The molecule has 4 aromatic rings. The van der Waals surface area contributed by atoms with Crippen molar-refractivity contribution in [2.24, 2.45) is 0 Å². The Morgan fingerprint density at radius 1 is 0.373 bits per heavy atom. The van der Waals surface area contributed by atoms with E-state index >= 15 is 0 Å². The summed E-state index contributed by atoms with van der Waals surface area (Å²) >= 11 is 0. The largest absolute Gasteiger partial charge is 0.489 e. The van der Waals surface area contributed by atoms with E-state index in [1.165, 1.54) is 16.7 Å². The third-order valence-corrected chi connectivity index (χ3v) is 10.8. The zero-order valence-corrected chi connectivity index (χ0v) is 35.8. The minimum Gasteiger partial charge on any atom is -0.489 e. The fourth-order valence-electron chi connectivity index (χ4n) is 5.19. The second kappa shape index (κ2) is 16.8. The van der Waals surface area contributed by atoms with Gasteiger partial charge in [-0.15, -0.1) is 16.6 Å². The monoisotopic (exact) mass is 726 g/mol. The molecule has 0 saturated heterocycles. The lowest BCUT2D eigenvalue weighted by Gasteiger charge is -2.23. The summed E-state index contributed by atoms with van der Waals surface area (Å²) in [4.78, 5) is 0. The Hall–Kier alpha value is -4.39. The van der Waals surface area contributed by atoms with E-state index in [2.05, 4.69) is 114 Å². The highest BCUT2D eigenvalue weighted by Gasteiger charge is 2.19. The first-order chi connectivity index (χ1) is 23.9. The number of benzene rings is 4. The summed E-state index contributed by atoms with van der Waals surface area (Å²) < 4.78 is 19.2. The van der Waals surface area contributed by atoms with Crippen LogP contribution in [0.5, 0.6) is 17.2 Å². The molecule has 3 nitrogen and oxygen atoms in total. The van der Waals surface area contributed by atoms with Gasteiger partial charge in [-0.2, -0.15) is 0 Å². The molecule has 0 fully saturated rings. The summed E-state index contributed by atoms with van der Waals surface area (Å²) in [7, 11) is -4.33. The Labute approximate surface area is 311 Å². The second-order valence-corrected chi connectivity index (χ2v) is 30.5. The van der Waals surface area contributed by atoms with Crippen LogP contribution in [0.2, 0.25) is 58.9 Å². The minimum absolute atomic E-state index is 0.437. The molecule has 0 amide bonds. The van der Waals surface area contributed by atoms with Gasteiger partial charge in [0.2, 0.25) is 0 Å². The maximum Gasteiger partial charge on any atom is 0.129 e. The first-order valence-corrected chi connectivity index (χ1v) is 28.3. The zero-order chi connectivity index (χ0) is 37.4. The van der Waals surface area contributed by atoms with Gasteiger partial charge >= 0.3 is 0 Å². The van der Waals surface area contributed by atoms with Crippen LogP contribution in [0, 0.1) is 55.2 Å². The van der Waals surface area contributed by atoms with E-state index < -0.39 is 24.2 Å². The van der Waals surface area contributed by atoms with Gasteiger partial charge in [0, 0.05) is 16.7 Å². The van der Waals surface area contributed by atoms with Crippen molar-refractivity contribution in [1.29, 1.82) is 0 Å². The van der Waals surface area contributed by atoms with E-state index in [9.17, 15) is 0 Å². The van der Waals surface area contributed by atoms with E-state index in [0.29, 0.717) is 19.8 Å². The van der Waals surface area contributed by atoms with Gasteiger partial charge in [-0.1, -0.05) is 76.7 Å². The summed E-state index contributed by atoms with van der Waals surface area (Å²) in [5, 5.41) is 0. The molecule has 6 heteroatoms. The lowest BCUT2D eigenvalue weighted by Crippen LogP contribution is -2.16. The fourth-order valence-corrected chi connectivity index (χ4v) is 6.75. The molecule has 0 unspecified atom stereocenters. The summed E-state index contributed by atoms with van der Waals surface area (Å²) in [6, 6.07) is 24.3. The van der Waals surface area contributed by atoms with Crippen LogP contribution in [-0.2, 0) is 19.8 Å². The van der Waals surface area contributed by atoms with Crippen molar-refractivity contribution in [3.05, 3.63) is 123 Å². The van der Waals surface area contributed by atoms with E-state index in [1.54, 1.807) is 0 Å². The fraction of sp³-hybridized carbons (Fsp3) is 0.333. The summed E-state index contributed by atoms with van der Waals surface area (Å²) in [5.74, 6) is 12.4. The summed E-state index contributed by atoms with van der Waals surface area (Å²) in [6.45, 7) is 28.1. The van der Waals surface area contributed by atoms with E-state index in [0.717, 1.165) is 50.6 Å². The van der Waals surface area contributed by atoms with Gasteiger partial charge in [0.1, 0.15) is 61.3 Å². The van der Waals surface area contributed by atoms with Crippen molar-refractivity contribution >= 4 is 24.2 Å². The molecule has 0 aliphatic carbocycles. The molecule has 0 N–H and O–H groups in total. The lowest BCUT2D eigenvalue weighted by molar-refractivity contribution is 0.290. The molecule has 0 radical (unpaired) electrons. The third kappa shape index (κ3) is 12.7. The van der Waals surface area contributed by atoms with Gasteiger partial charge in [-0.3, -0.25) is 0 Å². The number of hydrogen-bond donors (Lipinski definition) is 0. The zero-order valence-electron chi connectivity index (χ0n) is 32.8. The molecule has 264 valence electrons. The first-order valence-electron chi connectivity index (χ1n) is 17.8. The highest BCUT2D eigenvalue weighted by Crippen LogP contribution is 2.31. The topological polar surface area (TPSA) is 27.7 Å². The van der Waals surface area contributed by atoms with Gasteiger partial charge in [-0.05, 0) is 127 Å². The lowest BCUT2D eigenvalue weighted by atomic mass is 9.89. The van der Waals surface area contributed by atoms with Crippen LogP contribution in [0.1, 0.15) is 50.1 Å². The molecular weight excluding hydrogens is 673 g/mol. The van der Waals surface area contributed by atoms with Crippen LogP contribution < -0.4 is 14.2 Å². The van der Waals surface area contributed by atoms with Crippen molar-refractivity contribution in [3.8, 4) is 51.6 Å². The highest BCUT2D eigenvalue weighted by molar-refractivity contribution is 6.84. The molecule has 4 aromatic carbocycles. The SMILES string of the molecule is Cc1c(COc2ccc(C#C[Si](C)(C)C)cc2)c(C)c(COc2ccc(C#C[Si](C)(C)C)cc2)c(C)c1COc1ccc(C#C[Si](C)(C)C)cc1. The van der Waals surface area contributed by atoms with Crippen LogP contribution in [0.25, 0.3) is 0 Å². The maximum atomic E-state index is 6.41. The molecule has 4 rings (SSSR count).